The van der Waals surface area contributed by atoms with E-state index < -0.39 is 5.97 Å². The Bertz CT molecular complexity index is 1210. The molecule has 0 aliphatic carbocycles. The third-order valence-electron chi connectivity index (χ3n) is 4.47. The Hall–Kier alpha value is -3.79. The van der Waals surface area contributed by atoms with Crippen molar-refractivity contribution >= 4 is 33.1 Å². The topological polar surface area (TPSA) is 66.8 Å². The summed E-state index contributed by atoms with van der Waals surface area (Å²) in [5.74, 6) is -0.901. The van der Waals surface area contributed by atoms with E-state index in [1.54, 1.807) is 18.2 Å². The van der Waals surface area contributed by atoms with E-state index in [1.165, 1.54) is 6.07 Å². The quantitative estimate of drug-likeness (QED) is 0.307. The maximum atomic E-state index is 12.5. The fourth-order valence-electron chi connectivity index (χ4n) is 3.03. The molecule has 0 aliphatic rings. The summed E-state index contributed by atoms with van der Waals surface area (Å²) in [5.41, 5.74) is 0.296. The number of carbonyl (C=O) groups is 1. The summed E-state index contributed by atoms with van der Waals surface area (Å²) in [4.78, 5) is 12.5. The molecule has 4 heteroatoms. The number of hydrogen-bond acceptors (Lipinski definition) is 4. The van der Waals surface area contributed by atoms with Crippen molar-refractivity contribution in [3.8, 4) is 17.2 Å². The molecule has 0 unspecified atom stereocenters. The van der Waals surface area contributed by atoms with Crippen molar-refractivity contribution in [1.82, 2.24) is 0 Å². The number of phenolic OH excluding ortho intramolecular Hbond substituents is 2. The number of esters is 1. The largest absolute Gasteiger partial charge is 0.507 e. The number of carbonyl (C=O) groups excluding carboxylic acids is 1. The van der Waals surface area contributed by atoms with Gasteiger partial charge in [-0.1, -0.05) is 55.1 Å². The lowest BCUT2D eigenvalue weighted by molar-refractivity contribution is -0.128. The van der Waals surface area contributed by atoms with E-state index in [4.69, 9.17) is 4.74 Å². The molecule has 27 heavy (non-hydrogen) atoms. The average molecular weight is 356 g/mol. The van der Waals surface area contributed by atoms with Gasteiger partial charge >= 0.3 is 5.97 Å². The van der Waals surface area contributed by atoms with Crippen molar-refractivity contribution in [3.63, 3.8) is 0 Å². The highest BCUT2D eigenvalue weighted by Gasteiger charge is 2.18. The maximum absolute atomic E-state index is 12.5. The van der Waals surface area contributed by atoms with Crippen LogP contribution in [0.3, 0.4) is 0 Å². The van der Waals surface area contributed by atoms with Gasteiger partial charge in [-0.15, -0.1) is 0 Å². The molecule has 0 spiro atoms. The smallest absolute Gasteiger partial charge is 0.343 e. The SMILES string of the molecule is C=C(C(=O)Oc1cc2ccccc2cc1O)c1cc2ccccc2cc1O. The maximum Gasteiger partial charge on any atom is 0.343 e. The van der Waals surface area contributed by atoms with Gasteiger partial charge in [0.1, 0.15) is 5.75 Å². The first-order chi connectivity index (χ1) is 13.0. The van der Waals surface area contributed by atoms with Crippen molar-refractivity contribution in [3.05, 3.63) is 84.9 Å². The van der Waals surface area contributed by atoms with Crippen molar-refractivity contribution in [2.24, 2.45) is 0 Å². The van der Waals surface area contributed by atoms with Gasteiger partial charge in [-0.25, -0.2) is 4.79 Å². The summed E-state index contributed by atoms with van der Waals surface area (Å²) in [5, 5.41) is 23.8. The van der Waals surface area contributed by atoms with E-state index in [0.717, 1.165) is 21.5 Å². The fourth-order valence-corrected chi connectivity index (χ4v) is 3.03. The predicted molar refractivity (Wildman–Crippen MR) is 106 cm³/mol. The van der Waals surface area contributed by atoms with Gasteiger partial charge < -0.3 is 14.9 Å². The Morgan fingerprint density at radius 3 is 1.81 bits per heavy atom. The number of ether oxygens (including phenoxy) is 1. The van der Waals surface area contributed by atoms with E-state index in [2.05, 4.69) is 6.58 Å². The lowest BCUT2D eigenvalue weighted by Gasteiger charge is -2.11. The van der Waals surface area contributed by atoms with Gasteiger partial charge in [-0.2, -0.15) is 0 Å². The van der Waals surface area contributed by atoms with Gasteiger partial charge in [-0.3, -0.25) is 0 Å². The van der Waals surface area contributed by atoms with E-state index in [-0.39, 0.29) is 22.8 Å². The minimum absolute atomic E-state index is 0.00538. The number of fused-ring (bicyclic) bond motifs is 2. The summed E-state index contributed by atoms with van der Waals surface area (Å²) in [6.45, 7) is 3.76. The average Bonchev–Trinajstić information content (AvgIpc) is 2.67. The zero-order valence-corrected chi connectivity index (χ0v) is 14.3. The molecule has 0 amide bonds. The number of rotatable bonds is 3. The van der Waals surface area contributed by atoms with Crippen LogP contribution in [0.4, 0.5) is 0 Å². The molecule has 4 aromatic carbocycles. The molecule has 0 aromatic heterocycles. The van der Waals surface area contributed by atoms with E-state index >= 15 is 0 Å². The first-order valence-electron chi connectivity index (χ1n) is 8.38. The molecule has 0 radical (unpaired) electrons. The minimum Gasteiger partial charge on any atom is -0.507 e. The first kappa shape index (κ1) is 16.7. The molecule has 4 rings (SSSR count). The van der Waals surface area contributed by atoms with Crippen LogP contribution in [0.2, 0.25) is 0 Å². The van der Waals surface area contributed by atoms with Crippen LogP contribution < -0.4 is 4.74 Å². The number of aromatic hydroxyl groups is 2. The summed E-state index contributed by atoms with van der Waals surface area (Å²) in [7, 11) is 0. The van der Waals surface area contributed by atoms with Gasteiger partial charge in [0, 0.05) is 5.56 Å². The second kappa shape index (κ2) is 6.50. The predicted octanol–water partition coefficient (Wildman–Crippen LogP) is 5.02. The van der Waals surface area contributed by atoms with Crippen LogP contribution in [-0.2, 0) is 4.79 Å². The molecular weight excluding hydrogens is 340 g/mol. The third-order valence-corrected chi connectivity index (χ3v) is 4.47. The summed E-state index contributed by atoms with van der Waals surface area (Å²) in [6.07, 6.45) is 0. The Morgan fingerprint density at radius 2 is 1.22 bits per heavy atom. The molecule has 0 heterocycles. The minimum atomic E-state index is -0.744. The van der Waals surface area contributed by atoms with Crippen LogP contribution in [0, 0.1) is 0 Å². The van der Waals surface area contributed by atoms with Crippen molar-refractivity contribution in [2.75, 3.05) is 0 Å². The van der Waals surface area contributed by atoms with Gasteiger partial charge in [-0.05, 0) is 45.8 Å². The molecule has 0 saturated heterocycles. The number of benzene rings is 4. The van der Waals surface area contributed by atoms with Crippen LogP contribution in [0.1, 0.15) is 5.56 Å². The Balaban J connectivity index is 1.66. The van der Waals surface area contributed by atoms with E-state index in [0.29, 0.717) is 5.56 Å². The molecule has 0 bridgehead atoms. The van der Waals surface area contributed by atoms with Crippen LogP contribution in [0.15, 0.2) is 79.4 Å². The summed E-state index contributed by atoms with van der Waals surface area (Å²) in [6, 6.07) is 21.3. The second-order valence-electron chi connectivity index (χ2n) is 6.25. The molecule has 132 valence electrons. The highest BCUT2D eigenvalue weighted by atomic mass is 16.5. The van der Waals surface area contributed by atoms with Crippen molar-refractivity contribution in [2.45, 2.75) is 0 Å². The first-order valence-corrected chi connectivity index (χ1v) is 8.38. The molecular formula is C23H16O4. The normalized spacial score (nSPS) is 10.8. The van der Waals surface area contributed by atoms with Crippen LogP contribution in [-0.4, -0.2) is 16.2 Å². The zero-order chi connectivity index (χ0) is 19.0. The molecule has 4 aromatic rings. The Kier molecular flexibility index (Phi) is 4.01. The zero-order valence-electron chi connectivity index (χ0n) is 14.3. The Labute approximate surface area is 155 Å². The van der Waals surface area contributed by atoms with E-state index in [1.807, 2.05) is 48.5 Å². The standard InChI is InChI=1S/C23H16O4/c1-14(19-10-15-6-2-3-7-16(15)11-20(19)24)23(26)27-22-13-18-9-5-4-8-17(18)12-21(22)25/h2-13,24-25H,1H2. The molecule has 2 N–H and O–H groups in total. The van der Waals surface area contributed by atoms with Gasteiger partial charge in [0.15, 0.2) is 11.5 Å². The lowest BCUT2D eigenvalue weighted by Crippen LogP contribution is -2.10. The van der Waals surface area contributed by atoms with Crippen molar-refractivity contribution < 1.29 is 19.7 Å². The van der Waals surface area contributed by atoms with Crippen LogP contribution >= 0.6 is 0 Å². The molecule has 0 atom stereocenters. The number of hydrogen-bond donors (Lipinski definition) is 2. The monoisotopic (exact) mass is 356 g/mol. The lowest BCUT2D eigenvalue weighted by atomic mass is 10.0. The van der Waals surface area contributed by atoms with Crippen LogP contribution in [0.25, 0.3) is 27.1 Å². The van der Waals surface area contributed by atoms with Crippen LogP contribution in [0.5, 0.6) is 17.2 Å². The highest BCUT2D eigenvalue weighted by molar-refractivity contribution is 6.18. The summed E-state index contributed by atoms with van der Waals surface area (Å²) >= 11 is 0. The van der Waals surface area contributed by atoms with Gasteiger partial charge in [0.25, 0.3) is 0 Å². The number of phenols is 2. The van der Waals surface area contributed by atoms with Crippen molar-refractivity contribution in [1.29, 1.82) is 0 Å². The second-order valence-corrected chi connectivity index (χ2v) is 6.25. The summed E-state index contributed by atoms with van der Waals surface area (Å²) < 4.78 is 5.34. The molecule has 4 nitrogen and oxygen atoms in total. The Morgan fingerprint density at radius 1 is 0.741 bits per heavy atom. The molecule has 0 saturated carbocycles. The highest BCUT2D eigenvalue weighted by Crippen LogP contribution is 2.34. The van der Waals surface area contributed by atoms with E-state index in [9.17, 15) is 15.0 Å². The molecule has 0 aliphatic heterocycles. The molecule has 0 fully saturated rings. The van der Waals surface area contributed by atoms with Gasteiger partial charge in [0.05, 0.1) is 5.57 Å². The van der Waals surface area contributed by atoms with Gasteiger partial charge in [0.2, 0.25) is 0 Å². The fraction of sp³-hybridized carbons (Fsp3) is 0. The third kappa shape index (κ3) is 3.09.